The second-order valence-corrected chi connectivity index (χ2v) is 3.16. The van der Waals surface area contributed by atoms with Gasteiger partial charge >= 0.3 is 0 Å². The van der Waals surface area contributed by atoms with Crippen LogP contribution in [-0.4, -0.2) is 12.9 Å². The van der Waals surface area contributed by atoms with Crippen molar-refractivity contribution in [3.63, 3.8) is 0 Å². The van der Waals surface area contributed by atoms with Crippen molar-refractivity contribution in [2.45, 2.75) is 4.90 Å². The van der Waals surface area contributed by atoms with Gasteiger partial charge in [-0.2, -0.15) is 0 Å². The summed E-state index contributed by atoms with van der Waals surface area (Å²) >= 11 is 1.61. The fraction of sp³-hybridized carbons (Fsp3) is 0.200. The van der Waals surface area contributed by atoms with E-state index in [0.29, 0.717) is 5.75 Å². The van der Waals surface area contributed by atoms with Gasteiger partial charge in [0.1, 0.15) is 5.75 Å². The third-order valence-electron chi connectivity index (χ3n) is 1.38. The van der Waals surface area contributed by atoms with Crippen molar-refractivity contribution in [2.75, 3.05) is 12.9 Å². The molecule has 0 radical (unpaired) electrons. The first kappa shape index (κ1) is 9.02. The van der Waals surface area contributed by atoms with Crippen molar-refractivity contribution < 1.29 is 4.74 Å². The summed E-state index contributed by atoms with van der Waals surface area (Å²) in [6.45, 7) is 0. The normalized spacial score (nSPS) is 9.00. The van der Waals surface area contributed by atoms with Crippen LogP contribution < -0.4 is 4.74 Å². The van der Waals surface area contributed by atoms with Gasteiger partial charge in [-0.3, -0.25) is 0 Å². The lowest BCUT2D eigenvalue weighted by molar-refractivity contribution is 0.405. The molecule has 0 aromatic heterocycles. The number of methoxy groups -OCH3 is 1. The lowest BCUT2D eigenvalue weighted by Gasteiger charge is -2.04. The molecule has 0 aliphatic carbocycles. The fourth-order valence-corrected chi connectivity index (χ4v) is 1.56. The van der Waals surface area contributed by atoms with Crippen LogP contribution in [0.2, 0.25) is 0 Å². The van der Waals surface area contributed by atoms with Gasteiger partial charge in [0.05, 0.1) is 17.8 Å². The molecule has 1 rings (SSSR count). The van der Waals surface area contributed by atoms with E-state index in [4.69, 9.17) is 11.2 Å². The minimum atomic E-state index is 0.681. The molecular formula is C10H10OS. The number of hydrogen-bond donors (Lipinski definition) is 0. The summed E-state index contributed by atoms with van der Waals surface area (Å²) in [5.74, 6) is 4.14. The Bertz CT molecular complexity index is 288. The summed E-state index contributed by atoms with van der Waals surface area (Å²) in [5.41, 5.74) is 0. The summed E-state index contributed by atoms with van der Waals surface area (Å²) in [6.07, 6.45) is 5.16. The maximum atomic E-state index is 5.16. The van der Waals surface area contributed by atoms with Crippen molar-refractivity contribution >= 4 is 11.8 Å². The smallest absolute Gasteiger partial charge is 0.132 e. The largest absolute Gasteiger partial charge is 0.496 e. The first-order chi connectivity index (χ1) is 5.88. The molecular weight excluding hydrogens is 168 g/mol. The number of para-hydroxylation sites is 1. The van der Waals surface area contributed by atoms with Crippen LogP contribution in [0.4, 0.5) is 0 Å². The molecule has 1 nitrogen and oxygen atoms in total. The first-order valence-electron chi connectivity index (χ1n) is 3.57. The van der Waals surface area contributed by atoms with Gasteiger partial charge in [-0.05, 0) is 12.1 Å². The Labute approximate surface area is 77.1 Å². The Morgan fingerprint density at radius 2 is 2.25 bits per heavy atom. The van der Waals surface area contributed by atoms with Gasteiger partial charge in [0.15, 0.2) is 0 Å². The van der Waals surface area contributed by atoms with Crippen molar-refractivity contribution in [3.05, 3.63) is 24.3 Å². The van der Waals surface area contributed by atoms with Crippen molar-refractivity contribution in [2.24, 2.45) is 0 Å². The SMILES string of the molecule is C#CCSc1ccccc1OC. The zero-order valence-corrected chi connectivity index (χ0v) is 7.73. The Hall–Kier alpha value is -1.07. The van der Waals surface area contributed by atoms with Gasteiger partial charge in [-0.1, -0.05) is 18.1 Å². The lowest BCUT2D eigenvalue weighted by Crippen LogP contribution is -1.85. The monoisotopic (exact) mass is 178 g/mol. The van der Waals surface area contributed by atoms with Crippen LogP contribution in [0, 0.1) is 12.3 Å². The van der Waals surface area contributed by atoms with E-state index in [1.807, 2.05) is 24.3 Å². The third-order valence-corrected chi connectivity index (χ3v) is 2.34. The van der Waals surface area contributed by atoms with Gasteiger partial charge in [-0.25, -0.2) is 0 Å². The molecule has 0 saturated heterocycles. The molecule has 1 aromatic rings. The molecule has 62 valence electrons. The summed E-state index contributed by atoms with van der Waals surface area (Å²) in [4.78, 5) is 1.10. The second-order valence-electron chi connectivity index (χ2n) is 2.14. The molecule has 12 heavy (non-hydrogen) atoms. The van der Waals surface area contributed by atoms with E-state index in [0.717, 1.165) is 10.6 Å². The minimum absolute atomic E-state index is 0.681. The Balaban J connectivity index is 2.76. The Kier molecular flexibility index (Phi) is 3.56. The highest BCUT2D eigenvalue weighted by Gasteiger charge is 1.99. The van der Waals surface area contributed by atoms with Gasteiger partial charge in [0.2, 0.25) is 0 Å². The lowest BCUT2D eigenvalue weighted by atomic mass is 10.3. The van der Waals surface area contributed by atoms with E-state index >= 15 is 0 Å². The summed E-state index contributed by atoms with van der Waals surface area (Å²) in [5, 5.41) is 0. The Morgan fingerprint density at radius 1 is 1.50 bits per heavy atom. The van der Waals surface area contributed by atoms with Crippen LogP contribution in [0.15, 0.2) is 29.2 Å². The van der Waals surface area contributed by atoms with Crippen LogP contribution in [0.5, 0.6) is 5.75 Å². The van der Waals surface area contributed by atoms with E-state index in [-0.39, 0.29) is 0 Å². The number of hydrogen-bond acceptors (Lipinski definition) is 2. The molecule has 0 heterocycles. The molecule has 0 amide bonds. The molecule has 0 bridgehead atoms. The van der Waals surface area contributed by atoms with Gasteiger partial charge in [0.25, 0.3) is 0 Å². The first-order valence-corrected chi connectivity index (χ1v) is 4.56. The molecule has 0 saturated carbocycles. The van der Waals surface area contributed by atoms with Crippen molar-refractivity contribution in [3.8, 4) is 18.1 Å². The maximum absolute atomic E-state index is 5.16. The zero-order valence-electron chi connectivity index (χ0n) is 6.91. The van der Waals surface area contributed by atoms with Crippen LogP contribution in [-0.2, 0) is 0 Å². The van der Waals surface area contributed by atoms with Gasteiger partial charge in [-0.15, -0.1) is 18.2 Å². The molecule has 0 N–H and O–H groups in total. The van der Waals surface area contributed by atoms with E-state index in [1.165, 1.54) is 0 Å². The fourth-order valence-electron chi connectivity index (χ4n) is 0.857. The number of thioether (sulfide) groups is 1. The molecule has 2 heteroatoms. The highest BCUT2D eigenvalue weighted by molar-refractivity contribution is 7.99. The average molecular weight is 178 g/mol. The van der Waals surface area contributed by atoms with E-state index in [1.54, 1.807) is 18.9 Å². The Morgan fingerprint density at radius 3 is 2.92 bits per heavy atom. The second kappa shape index (κ2) is 4.74. The zero-order chi connectivity index (χ0) is 8.81. The molecule has 1 aromatic carbocycles. The van der Waals surface area contributed by atoms with Crippen LogP contribution in [0.1, 0.15) is 0 Å². The highest BCUT2D eigenvalue weighted by atomic mass is 32.2. The highest BCUT2D eigenvalue weighted by Crippen LogP contribution is 2.27. The molecule has 0 unspecified atom stereocenters. The molecule has 0 atom stereocenters. The molecule has 0 aliphatic rings. The summed E-state index contributed by atoms with van der Waals surface area (Å²) in [7, 11) is 1.66. The van der Waals surface area contributed by atoms with Crippen molar-refractivity contribution in [1.29, 1.82) is 0 Å². The average Bonchev–Trinajstić information content (AvgIpc) is 2.15. The third kappa shape index (κ3) is 2.21. The number of terminal acetylenes is 1. The van der Waals surface area contributed by atoms with Crippen LogP contribution in [0.25, 0.3) is 0 Å². The quantitative estimate of drug-likeness (QED) is 0.519. The van der Waals surface area contributed by atoms with Crippen molar-refractivity contribution in [1.82, 2.24) is 0 Å². The van der Waals surface area contributed by atoms with Gasteiger partial charge < -0.3 is 4.74 Å². The summed E-state index contributed by atoms with van der Waals surface area (Å²) in [6, 6.07) is 7.85. The molecule has 0 aliphatic heterocycles. The number of ether oxygens (including phenoxy) is 1. The predicted molar refractivity (Wildman–Crippen MR) is 52.6 cm³/mol. The standard InChI is InChI=1S/C10H10OS/c1-3-8-12-10-7-5-4-6-9(10)11-2/h1,4-7H,8H2,2H3. The van der Waals surface area contributed by atoms with Gasteiger partial charge in [0, 0.05) is 0 Å². The van der Waals surface area contributed by atoms with Crippen LogP contribution in [0.3, 0.4) is 0 Å². The molecule has 0 fully saturated rings. The number of rotatable bonds is 3. The van der Waals surface area contributed by atoms with E-state index in [2.05, 4.69) is 5.92 Å². The minimum Gasteiger partial charge on any atom is -0.496 e. The summed E-state index contributed by atoms with van der Waals surface area (Å²) < 4.78 is 5.15. The van der Waals surface area contributed by atoms with E-state index < -0.39 is 0 Å². The maximum Gasteiger partial charge on any atom is 0.132 e. The van der Waals surface area contributed by atoms with E-state index in [9.17, 15) is 0 Å². The topological polar surface area (TPSA) is 9.23 Å². The molecule has 0 spiro atoms. The number of benzene rings is 1. The van der Waals surface area contributed by atoms with Crippen LogP contribution >= 0.6 is 11.8 Å². The predicted octanol–water partition coefficient (Wildman–Crippen LogP) is 2.42.